The van der Waals surface area contributed by atoms with Gasteiger partial charge in [-0.1, -0.05) is 12.1 Å². The lowest BCUT2D eigenvalue weighted by Gasteiger charge is -2.11. The number of pyridine rings is 1. The Kier molecular flexibility index (Phi) is 4.15. The lowest BCUT2D eigenvalue weighted by Crippen LogP contribution is -2.09. The number of hydrogen-bond acceptors (Lipinski definition) is 3. The molecule has 0 spiro atoms. The first-order valence-electron chi connectivity index (χ1n) is 7.13. The van der Waals surface area contributed by atoms with Crippen LogP contribution in [0.5, 0.6) is 5.75 Å². The van der Waals surface area contributed by atoms with Crippen LogP contribution in [0.1, 0.15) is 15.9 Å². The van der Waals surface area contributed by atoms with Gasteiger partial charge in [0.05, 0.1) is 11.3 Å². The first-order valence-corrected chi connectivity index (χ1v) is 7.13. The number of rotatable bonds is 3. The highest BCUT2D eigenvalue weighted by molar-refractivity contribution is 5.92. The number of hydrogen-bond donors (Lipinski definition) is 0. The van der Waals surface area contributed by atoms with Crippen molar-refractivity contribution in [3.63, 3.8) is 0 Å². The minimum absolute atomic E-state index is 0.292. The van der Waals surface area contributed by atoms with Crippen molar-refractivity contribution in [2.24, 2.45) is 0 Å². The van der Waals surface area contributed by atoms with Gasteiger partial charge in [-0.2, -0.15) is 0 Å². The molecule has 0 N–H and O–H groups in total. The van der Waals surface area contributed by atoms with Crippen LogP contribution in [0.2, 0.25) is 0 Å². The van der Waals surface area contributed by atoms with E-state index >= 15 is 0 Å². The summed E-state index contributed by atoms with van der Waals surface area (Å²) in [6, 6.07) is 16.4. The Bertz CT molecular complexity index is 830. The van der Waals surface area contributed by atoms with Crippen molar-refractivity contribution >= 4 is 5.97 Å². The van der Waals surface area contributed by atoms with Crippen LogP contribution in [-0.2, 0) is 0 Å². The molecule has 1 aromatic heterocycles. The highest BCUT2D eigenvalue weighted by Crippen LogP contribution is 2.30. The van der Waals surface area contributed by atoms with Gasteiger partial charge in [-0.25, -0.2) is 9.18 Å². The number of nitrogens with zero attached hydrogens (tertiary/aromatic N) is 1. The average molecular weight is 307 g/mol. The van der Waals surface area contributed by atoms with Crippen molar-refractivity contribution in [2.45, 2.75) is 6.92 Å². The zero-order valence-electron chi connectivity index (χ0n) is 12.5. The minimum atomic E-state index is -0.534. The van der Waals surface area contributed by atoms with Crippen LogP contribution >= 0.6 is 0 Å². The van der Waals surface area contributed by atoms with E-state index in [0.717, 1.165) is 16.8 Å². The predicted octanol–water partition coefficient (Wildman–Crippen LogP) is 4.42. The van der Waals surface area contributed by atoms with E-state index in [1.807, 2.05) is 37.3 Å². The molecule has 0 saturated carbocycles. The number of halogens is 1. The molecule has 1 heterocycles. The van der Waals surface area contributed by atoms with Crippen molar-refractivity contribution in [3.05, 3.63) is 83.8 Å². The number of esters is 1. The lowest BCUT2D eigenvalue weighted by atomic mass is 10.1. The first kappa shape index (κ1) is 14.9. The molecule has 0 aliphatic carbocycles. The molecule has 0 atom stereocenters. The predicted molar refractivity (Wildman–Crippen MR) is 85.8 cm³/mol. The van der Waals surface area contributed by atoms with Gasteiger partial charge in [0.15, 0.2) is 0 Å². The molecule has 0 fully saturated rings. The number of ether oxygens (including phenoxy) is 1. The molecule has 0 bridgehead atoms. The average Bonchev–Trinajstić information content (AvgIpc) is 2.56. The van der Waals surface area contributed by atoms with E-state index in [1.54, 1.807) is 12.3 Å². The fraction of sp³-hybridized carbons (Fsp3) is 0.0526. The summed E-state index contributed by atoms with van der Waals surface area (Å²) in [5, 5.41) is 0. The van der Waals surface area contributed by atoms with E-state index in [1.165, 1.54) is 24.3 Å². The van der Waals surface area contributed by atoms with Crippen LogP contribution in [0.3, 0.4) is 0 Å². The number of benzene rings is 2. The molecule has 3 rings (SSSR count). The third kappa shape index (κ3) is 3.43. The van der Waals surface area contributed by atoms with Crippen LogP contribution in [0.25, 0.3) is 11.3 Å². The van der Waals surface area contributed by atoms with Gasteiger partial charge >= 0.3 is 5.97 Å². The van der Waals surface area contributed by atoms with Gasteiger partial charge in [-0.3, -0.25) is 4.98 Å². The molecule has 114 valence electrons. The molecule has 3 aromatic rings. The van der Waals surface area contributed by atoms with Crippen LogP contribution in [0.4, 0.5) is 4.39 Å². The van der Waals surface area contributed by atoms with Crippen molar-refractivity contribution in [3.8, 4) is 17.0 Å². The number of carbonyl (C=O) groups is 1. The Morgan fingerprint density at radius 3 is 2.52 bits per heavy atom. The fourth-order valence-electron chi connectivity index (χ4n) is 2.19. The largest absolute Gasteiger partial charge is 0.422 e. The van der Waals surface area contributed by atoms with E-state index in [4.69, 9.17) is 4.74 Å². The zero-order valence-corrected chi connectivity index (χ0v) is 12.5. The molecule has 4 heteroatoms. The van der Waals surface area contributed by atoms with E-state index in [0.29, 0.717) is 11.3 Å². The summed E-state index contributed by atoms with van der Waals surface area (Å²) in [6.07, 6.45) is 1.68. The molecule has 0 saturated heterocycles. The SMILES string of the molecule is Cc1ccc(-c2ccccn2)c(OC(=O)c2ccc(F)cc2)c1. The van der Waals surface area contributed by atoms with E-state index < -0.39 is 11.8 Å². The van der Waals surface area contributed by atoms with Crippen LogP contribution in [0, 0.1) is 12.7 Å². The molecular formula is C19H14FNO2. The standard InChI is InChI=1S/C19H14FNO2/c1-13-5-10-16(17-4-2-3-11-21-17)18(12-13)23-19(22)14-6-8-15(20)9-7-14/h2-12H,1H3. The van der Waals surface area contributed by atoms with E-state index in [9.17, 15) is 9.18 Å². The summed E-state index contributed by atoms with van der Waals surface area (Å²) in [5.74, 6) is -0.503. The second kappa shape index (κ2) is 6.40. The van der Waals surface area contributed by atoms with Crippen molar-refractivity contribution < 1.29 is 13.9 Å². The number of aryl methyl sites for hydroxylation is 1. The van der Waals surface area contributed by atoms with Gasteiger partial charge in [0.2, 0.25) is 0 Å². The molecule has 3 nitrogen and oxygen atoms in total. The zero-order chi connectivity index (χ0) is 16.2. The maximum absolute atomic E-state index is 13.0. The van der Waals surface area contributed by atoms with Gasteiger partial charge in [0.25, 0.3) is 0 Å². The minimum Gasteiger partial charge on any atom is -0.422 e. The monoisotopic (exact) mass is 307 g/mol. The summed E-state index contributed by atoms with van der Waals surface area (Å²) in [5.41, 5.74) is 2.70. The Hall–Kier alpha value is -3.01. The highest BCUT2D eigenvalue weighted by Gasteiger charge is 2.14. The van der Waals surface area contributed by atoms with Crippen LogP contribution in [0.15, 0.2) is 66.9 Å². The Morgan fingerprint density at radius 2 is 1.83 bits per heavy atom. The molecule has 0 unspecified atom stereocenters. The number of carbonyl (C=O) groups excluding carboxylic acids is 1. The van der Waals surface area contributed by atoms with E-state index in [-0.39, 0.29) is 0 Å². The molecule has 2 aromatic carbocycles. The van der Waals surface area contributed by atoms with Crippen LogP contribution < -0.4 is 4.74 Å². The molecule has 0 radical (unpaired) electrons. The fourth-order valence-corrected chi connectivity index (χ4v) is 2.19. The number of aromatic nitrogens is 1. The molecule has 0 aliphatic rings. The summed E-state index contributed by atoms with van der Waals surface area (Å²) >= 11 is 0. The Labute approximate surface area is 133 Å². The Balaban J connectivity index is 1.94. The summed E-state index contributed by atoms with van der Waals surface area (Å²) in [4.78, 5) is 16.5. The van der Waals surface area contributed by atoms with E-state index in [2.05, 4.69) is 4.98 Å². The summed E-state index contributed by atoms with van der Waals surface area (Å²) < 4.78 is 18.5. The third-order valence-corrected chi connectivity index (χ3v) is 3.36. The molecule has 0 amide bonds. The quantitative estimate of drug-likeness (QED) is 0.531. The maximum Gasteiger partial charge on any atom is 0.343 e. The topological polar surface area (TPSA) is 39.2 Å². The second-order valence-electron chi connectivity index (χ2n) is 5.11. The van der Waals surface area contributed by atoms with Crippen molar-refractivity contribution in [1.82, 2.24) is 4.98 Å². The van der Waals surface area contributed by atoms with Gasteiger partial charge in [-0.05, 0) is 61.0 Å². The Morgan fingerprint density at radius 1 is 1.04 bits per heavy atom. The highest BCUT2D eigenvalue weighted by atomic mass is 19.1. The maximum atomic E-state index is 13.0. The normalized spacial score (nSPS) is 10.3. The van der Waals surface area contributed by atoms with Gasteiger partial charge < -0.3 is 4.74 Å². The summed E-state index contributed by atoms with van der Waals surface area (Å²) in [7, 11) is 0. The van der Waals surface area contributed by atoms with Crippen molar-refractivity contribution in [1.29, 1.82) is 0 Å². The third-order valence-electron chi connectivity index (χ3n) is 3.36. The molecule has 0 aliphatic heterocycles. The molecule has 23 heavy (non-hydrogen) atoms. The smallest absolute Gasteiger partial charge is 0.343 e. The lowest BCUT2D eigenvalue weighted by molar-refractivity contribution is 0.0735. The van der Waals surface area contributed by atoms with Gasteiger partial charge in [0.1, 0.15) is 11.6 Å². The van der Waals surface area contributed by atoms with Crippen molar-refractivity contribution in [2.75, 3.05) is 0 Å². The second-order valence-corrected chi connectivity index (χ2v) is 5.11. The van der Waals surface area contributed by atoms with Gasteiger partial charge in [-0.15, -0.1) is 0 Å². The molecular weight excluding hydrogens is 293 g/mol. The van der Waals surface area contributed by atoms with Gasteiger partial charge in [0, 0.05) is 11.8 Å². The first-order chi connectivity index (χ1) is 11.1. The van der Waals surface area contributed by atoms with Crippen LogP contribution in [-0.4, -0.2) is 11.0 Å². The summed E-state index contributed by atoms with van der Waals surface area (Å²) in [6.45, 7) is 1.91.